The van der Waals surface area contributed by atoms with E-state index in [4.69, 9.17) is 19.5 Å². The van der Waals surface area contributed by atoms with Gasteiger partial charge in [-0.05, 0) is 66.2 Å². The molecule has 3 rings (SSSR count). The van der Waals surface area contributed by atoms with Crippen LogP contribution in [0.3, 0.4) is 0 Å². The fourth-order valence-corrected chi connectivity index (χ4v) is 2.68. The Morgan fingerprint density at radius 1 is 0.933 bits per heavy atom. The molecule has 3 aromatic carbocycles. The summed E-state index contributed by atoms with van der Waals surface area (Å²) in [5.74, 6) is 2.13. The number of hydrogen-bond acceptors (Lipinski definition) is 5. The maximum Gasteiger partial charge on any atom is 0.248 e. The van der Waals surface area contributed by atoms with Crippen LogP contribution in [0.5, 0.6) is 23.0 Å². The van der Waals surface area contributed by atoms with Gasteiger partial charge in [-0.3, -0.25) is 4.79 Å². The van der Waals surface area contributed by atoms with Crippen molar-refractivity contribution >= 4 is 17.7 Å². The number of hydrogen-bond donors (Lipinski definition) is 1. The molecular formula is C24H20N2O4. The predicted molar refractivity (Wildman–Crippen MR) is 115 cm³/mol. The number of benzene rings is 3. The van der Waals surface area contributed by atoms with Crippen LogP contribution in [0.2, 0.25) is 0 Å². The Morgan fingerprint density at radius 2 is 1.70 bits per heavy atom. The molecule has 0 fully saturated rings. The average molecular weight is 400 g/mol. The Hall–Kier alpha value is -4.24. The summed E-state index contributed by atoms with van der Waals surface area (Å²) in [6.45, 7) is 0. The van der Waals surface area contributed by atoms with Crippen LogP contribution in [0.25, 0.3) is 6.08 Å². The number of rotatable bonds is 7. The first-order chi connectivity index (χ1) is 14.6. The highest BCUT2D eigenvalue weighted by Crippen LogP contribution is 2.28. The third-order valence-corrected chi connectivity index (χ3v) is 4.16. The highest BCUT2D eigenvalue weighted by molar-refractivity contribution is 6.02. The molecule has 0 atom stereocenters. The van der Waals surface area contributed by atoms with Crippen LogP contribution in [-0.2, 0) is 4.79 Å². The molecule has 1 amide bonds. The topological polar surface area (TPSA) is 80.6 Å². The number of carbonyl (C=O) groups is 1. The van der Waals surface area contributed by atoms with Gasteiger partial charge in [0.25, 0.3) is 0 Å². The van der Waals surface area contributed by atoms with E-state index in [2.05, 4.69) is 11.4 Å². The van der Waals surface area contributed by atoms with E-state index >= 15 is 0 Å². The maximum atomic E-state index is 12.2. The molecule has 0 saturated heterocycles. The van der Waals surface area contributed by atoms with Gasteiger partial charge in [-0.15, -0.1) is 0 Å². The monoisotopic (exact) mass is 400 g/mol. The second kappa shape index (κ2) is 9.80. The lowest BCUT2D eigenvalue weighted by Gasteiger charge is -2.08. The van der Waals surface area contributed by atoms with Crippen LogP contribution >= 0.6 is 0 Å². The van der Waals surface area contributed by atoms with Crippen molar-refractivity contribution in [2.24, 2.45) is 0 Å². The molecule has 1 N–H and O–H groups in total. The van der Waals surface area contributed by atoms with E-state index in [1.165, 1.54) is 6.08 Å². The summed E-state index contributed by atoms with van der Waals surface area (Å²) in [5.41, 5.74) is 1.97. The Balaban J connectivity index is 1.60. The van der Waals surface area contributed by atoms with Gasteiger partial charge in [-0.1, -0.05) is 12.1 Å². The molecule has 0 saturated carbocycles. The molecule has 30 heavy (non-hydrogen) atoms. The molecule has 0 unspecified atom stereocenters. The largest absolute Gasteiger partial charge is 0.493 e. The van der Waals surface area contributed by atoms with E-state index in [-0.39, 0.29) is 5.91 Å². The second-order valence-electron chi connectivity index (χ2n) is 6.20. The van der Waals surface area contributed by atoms with Crippen LogP contribution in [0.4, 0.5) is 5.69 Å². The van der Waals surface area contributed by atoms with Gasteiger partial charge >= 0.3 is 0 Å². The maximum absolute atomic E-state index is 12.2. The van der Waals surface area contributed by atoms with Gasteiger partial charge < -0.3 is 19.5 Å². The van der Waals surface area contributed by atoms with Gasteiger partial charge in [-0.25, -0.2) is 0 Å². The minimum absolute atomic E-state index is 0.264. The summed E-state index contributed by atoms with van der Waals surface area (Å²) in [7, 11) is 3.13. The quantitative estimate of drug-likeness (QED) is 0.563. The zero-order valence-electron chi connectivity index (χ0n) is 16.6. The first-order valence-electron chi connectivity index (χ1n) is 9.10. The van der Waals surface area contributed by atoms with E-state index < -0.39 is 0 Å². The number of ether oxygens (including phenoxy) is 3. The number of nitrogens with zero attached hydrogens (tertiary/aromatic N) is 1. The third kappa shape index (κ3) is 5.40. The minimum atomic E-state index is -0.264. The lowest BCUT2D eigenvalue weighted by molar-refractivity contribution is -0.111. The van der Waals surface area contributed by atoms with E-state index in [0.29, 0.717) is 34.2 Å². The summed E-state index contributed by atoms with van der Waals surface area (Å²) in [6, 6.07) is 21.3. The van der Waals surface area contributed by atoms with E-state index in [1.54, 1.807) is 81.0 Å². The summed E-state index contributed by atoms with van der Waals surface area (Å²) in [5, 5.41) is 11.7. The lowest BCUT2D eigenvalue weighted by Crippen LogP contribution is -2.07. The number of amides is 1. The number of methoxy groups -OCH3 is 2. The zero-order valence-corrected chi connectivity index (χ0v) is 16.6. The highest BCUT2D eigenvalue weighted by atomic mass is 16.5. The predicted octanol–water partition coefficient (Wildman–Crippen LogP) is 5.02. The molecular weight excluding hydrogens is 380 g/mol. The first kappa shape index (κ1) is 20.5. The highest BCUT2D eigenvalue weighted by Gasteiger charge is 2.04. The molecule has 0 aromatic heterocycles. The van der Waals surface area contributed by atoms with Crippen molar-refractivity contribution in [2.75, 3.05) is 19.5 Å². The van der Waals surface area contributed by atoms with E-state index in [9.17, 15) is 4.79 Å². The summed E-state index contributed by atoms with van der Waals surface area (Å²) in [6.07, 6.45) is 3.13. The van der Waals surface area contributed by atoms with Crippen LogP contribution in [0, 0.1) is 11.3 Å². The Bertz CT molecular complexity index is 1100. The molecule has 0 aliphatic heterocycles. The third-order valence-electron chi connectivity index (χ3n) is 4.16. The van der Waals surface area contributed by atoms with Crippen molar-refractivity contribution in [3.63, 3.8) is 0 Å². The van der Waals surface area contributed by atoms with Gasteiger partial charge in [0.1, 0.15) is 11.5 Å². The fraction of sp³-hybridized carbons (Fsp3) is 0.0833. The standard InChI is InChI=1S/C24H20N2O4/c1-28-22-12-6-17(15-23(22)29-2)7-13-24(27)26-19-8-10-20(11-9-19)30-21-5-3-4-18(14-21)16-25/h3-15H,1-2H3,(H,26,27). The molecule has 0 spiro atoms. The first-order valence-corrected chi connectivity index (χ1v) is 9.10. The van der Waals surface area contributed by atoms with Gasteiger partial charge in [0.15, 0.2) is 11.5 Å². The van der Waals surface area contributed by atoms with Gasteiger partial charge in [0.05, 0.1) is 25.9 Å². The summed E-state index contributed by atoms with van der Waals surface area (Å²) >= 11 is 0. The average Bonchev–Trinajstić information content (AvgIpc) is 2.79. The Labute approximate surface area is 174 Å². The van der Waals surface area contributed by atoms with Crippen molar-refractivity contribution in [1.82, 2.24) is 0 Å². The smallest absolute Gasteiger partial charge is 0.248 e. The Kier molecular flexibility index (Phi) is 6.70. The lowest BCUT2D eigenvalue weighted by atomic mass is 10.2. The molecule has 0 bridgehead atoms. The normalized spacial score (nSPS) is 10.3. The molecule has 6 heteroatoms. The van der Waals surface area contributed by atoms with E-state index in [1.807, 2.05) is 6.07 Å². The van der Waals surface area contributed by atoms with Gasteiger partial charge in [0.2, 0.25) is 5.91 Å². The van der Waals surface area contributed by atoms with Crippen molar-refractivity contribution in [2.45, 2.75) is 0 Å². The fourth-order valence-electron chi connectivity index (χ4n) is 2.68. The minimum Gasteiger partial charge on any atom is -0.493 e. The molecule has 3 aromatic rings. The van der Waals surface area contributed by atoms with Crippen LogP contribution in [0.1, 0.15) is 11.1 Å². The molecule has 0 heterocycles. The second-order valence-corrected chi connectivity index (χ2v) is 6.20. The molecule has 0 aliphatic rings. The number of nitrogens with one attached hydrogen (secondary N) is 1. The van der Waals surface area contributed by atoms with Gasteiger partial charge in [-0.2, -0.15) is 5.26 Å². The van der Waals surface area contributed by atoms with Crippen LogP contribution in [0.15, 0.2) is 72.8 Å². The van der Waals surface area contributed by atoms with Gasteiger partial charge in [0, 0.05) is 11.8 Å². The molecule has 150 valence electrons. The van der Waals surface area contributed by atoms with Crippen molar-refractivity contribution in [3.8, 4) is 29.1 Å². The van der Waals surface area contributed by atoms with E-state index in [0.717, 1.165) is 5.56 Å². The van der Waals surface area contributed by atoms with Crippen molar-refractivity contribution in [1.29, 1.82) is 5.26 Å². The summed E-state index contributed by atoms with van der Waals surface area (Å²) < 4.78 is 16.2. The molecule has 6 nitrogen and oxygen atoms in total. The van der Waals surface area contributed by atoms with Crippen molar-refractivity contribution in [3.05, 3.63) is 83.9 Å². The summed E-state index contributed by atoms with van der Waals surface area (Å²) in [4.78, 5) is 12.2. The zero-order chi connectivity index (χ0) is 21.3. The number of carbonyl (C=O) groups excluding carboxylic acids is 1. The van der Waals surface area contributed by atoms with Crippen LogP contribution in [-0.4, -0.2) is 20.1 Å². The SMILES string of the molecule is COc1ccc(C=CC(=O)Nc2ccc(Oc3cccc(C#N)c3)cc2)cc1OC. The number of anilines is 1. The Morgan fingerprint density at radius 3 is 2.40 bits per heavy atom. The molecule has 0 radical (unpaired) electrons. The van der Waals surface area contributed by atoms with Crippen molar-refractivity contribution < 1.29 is 19.0 Å². The van der Waals surface area contributed by atoms with Crippen LogP contribution < -0.4 is 19.5 Å². The number of nitriles is 1. The molecule has 0 aliphatic carbocycles.